The summed E-state index contributed by atoms with van der Waals surface area (Å²) >= 11 is 0. The summed E-state index contributed by atoms with van der Waals surface area (Å²) in [6, 6.07) is 0. The summed E-state index contributed by atoms with van der Waals surface area (Å²) in [6.07, 6.45) is -21.0. The third-order valence-electron chi connectivity index (χ3n) is 3.77. The number of esters is 1. The number of alkyl halides is 11. The van der Waals surface area contributed by atoms with E-state index >= 15 is 0 Å². The lowest BCUT2D eigenvalue weighted by Gasteiger charge is -2.40. The Morgan fingerprint density at radius 3 is 1.30 bits per heavy atom. The second-order valence-corrected chi connectivity index (χ2v) is 6.93. The van der Waals surface area contributed by atoms with Gasteiger partial charge in [-0.15, -0.1) is 0 Å². The topological polar surface area (TPSA) is 35.5 Å². The molecule has 1 atom stereocenters. The molecule has 3 nitrogen and oxygen atoms in total. The normalized spacial score (nSPS) is 17.5. The molecule has 0 aliphatic carbocycles. The molecule has 0 amide bonds. The van der Waals surface area contributed by atoms with Crippen LogP contribution in [0.15, 0.2) is 0 Å². The number of carbonyl (C=O) groups excluding carboxylic acids is 1. The van der Waals surface area contributed by atoms with Crippen molar-refractivity contribution in [3.05, 3.63) is 0 Å². The first-order chi connectivity index (χ1) is 11.3. The lowest BCUT2D eigenvalue weighted by atomic mass is 9.79. The van der Waals surface area contributed by atoms with Gasteiger partial charge < -0.3 is 4.74 Å². The van der Waals surface area contributed by atoms with Crippen LogP contribution in [0.2, 0.25) is 0 Å². The first-order valence-corrected chi connectivity index (χ1v) is 6.85. The summed E-state index contributed by atoms with van der Waals surface area (Å²) in [6.45, 7) is 5.64. The number of hydrogen-bond acceptors (Lipinski definition) is 3. The van der Waals surface area contributed by atoms with Gasteiger partial charge in [-0.3, -0.25) is 4.74 Å². The molecule has 0 N–H and O–H groups in total. The zero-order valence-electron chi connectivity index (χ0n) is 14.4. The van der Waals surface area contributed by atoms with E-state index < -0.39 is 47.2 Å². The molecule has 0 saturated heterocycles. The summed E-state index contributed by atoms with van der Waals surface area (Å²) in [7, 11) is 0. The first-order valence-electron chi connectivity index (χ1n) is 6.85. The van der Waals surface area contributed by atoms with E-state index in [1.165, 1.54) is 20.8 Å². The highest BCUT2D eigenvalue weighted by Gasteiger charge is 2.80. The minimum atomic E-state index is -7.25. The fourth-order valence-electron chi connectivity index (χ4n) is 1.07. The number of ether oxygens (including phenoxy) is 2. The van der Waals surface area contributed by atoms with Gasteiger partial charge in [0, 0.05) is 5.41 Å². The Kier molecular flexibility index (Phi) is 6.29. The molecule has 0 aromatic carbocycles. The molecule has 0 spiro atoms. The number of halogens is 11. The van der Waals surface area contributed by atoms with Crippen LogP contribution in [0.4, 0.5) is 48.3 Å². The zero-order valence-corrected chi connectivity index (χ0v) is 14.4. The number of hydrogen-bond donors (Lipinski definition) is 0. The van der Waals surface area contributed by atoms with Gasteiger partial charge in [0.2, 0.25) is 0 Å². The van der Waals surface area contributed by atoms with E-state index in [1.54, 1.807) is 0 Å². The van der Waals surface area contributed by atoms with Gasteiger partial charge in [-0.25, -0.2) is 4.79 Å². The second-order valence-electron chi connectivity index (χ2n) is 6.93. The first kappa shape index (κ1) is 25.7. The van der Waals surface area contributed by atoms with Gasteiger partial charge in [-0.1, -0.05) is 20.8 Å². The van der Waals surface area contributed by atoms with Crippen molar-refractivity contribution >= 4 is 5.97 Å². The van der Waals surface area contributed by atoms with Crippen LogP contribution >= 0.6 is 0 Å². The minimum Gasteiger partial charge on any atom is -0.455 e. The predicted octanol–water partition coefficient (Wildman–Crippen LogP) is 5.39. The van der Waals surface area contributed by atoms with Crippen molar-refractivity contribution in [2.24, 2.45) is 5.41 Å². The van der Waals surface area contributed by atoms with Gasteiger partial charge in [-0.2, -0.15) is 48.3 Å². The van der Waals surface area contributed by atoms with E-state index in [-0.39, 0.29) is 0 Å². The Balaban J connectivity index is 6.13. The highest BCUT2D eigenvalue weighted by Crippen LogP contribution is 2.51. The van der Waals surface area contributed by atoms with E-state index in [9.17, 15) is 53.1 Å². The van der Waals surface area contributed by atoms with Crippen LogP contribution in [0.5, 0.6) is 0 Å². The molecular formula is C13H15F11O3. The van der Waals surface area contributed by atoms with Gasteiger partial charge in [0.25, 0.3) is 0 Å². The van der Waals surface area contributed by atoms with Crippen LogP contribution in [0.3, 0.4) is 0 Å². The largest absolute Gasteiger partial charge is 0.462 e. The standard InChI is InChI=1S/C13H15F11O3/c1-7(2,3)8(4,5)26-6(25)9(14,11(17,18)19)27-13(23,24)10(15,16)12(20,21)22/h1-5H3/t9-/m1/s1. The fraction of sp³-hybridized carbons (Fsp3) is 0.923. The third-order valence-corrected chi connectivity index (χ3v) is 3.77. The highest BCUT2D eigenvalue weighted by molar-refractivity contribution is 5.79. The van der Waals surface area contributed by atoms with E-state index in [2.05, 4.69) is 9.47 Å². The Morgan fingerprint density at radius 2 is 1.04 bits per heavy atom. The smallest absolute Gasteiger partial charge is 0.455 e. The molecule has 0 aliphatic heterocycles. The zero-order chi connectivity index (χ0) is 22.5. The third kappa shape index (κ3) is 4.74. The van der Waals surface area contributed by atoms with Crippen molar-refractivity contribution in [2.75, 3.05) is 0 Å². The average Bonchev–Trinajstić information content (AvgIpc) is 2.32. The second kappa shape index (κ2) is 6.62. The Morgan fingerprint density at radius 1 is 0.667 bits per heavy atom. The summed E-state index contributed by atoms with van der Waals surface area (Å²) in [5.74, 6) is -16.8. The maximum Gasteiger partial charge on any atom is 0.462 e. The maximum atomic E-state index is 14.0. The fourth-order valence-corrected chi connectivity index (χ4v) is 1.07. The van der Waals surface area contributed by atoms with Crippen LogP contribution in [0.1, 0.15) is 34.6 Å². The maximum absolute atomic E-state index is 14.0. The molecule has 14 heteroatoms. The monoisotopic (exact) mass is 428 g/mol. The quantitative estimate of drug-likeness (QED) is 0.435. The molecule has 0 aliphatic rings. The lowest BCUT2D eigenvalue weighted by molar-refractivity contribution is -0.475. The summed E-state index contributed by atoms with van der Waals surface area (Å²) in [5.41, 5.74) is -3.23. The van der Waals surface area contributed by atoms with Gasteiger partial charge in [0.1, 0.15) is 5.60 Å². The van der Waals surface area contributed by atoms with Crippen molar-refractivity contribution < 1.29 is 62.6 Å². The van der Waals surface area contributed by atoms with Crippen molar-refractivity contribution in [1.29, 1.82) is 0 Å². The van der Waals surface area contributed by atoms with Crippen LogP contribution in [-0.4, -0.2) is 41.8 Å². The van der Waals surface area contributed by atoms with Crippen molar-refractivity contribution in [3.8, 4) is 0 Å². The van der Waals surface area contributed by atoms with Crippen LogP contribution in [0.25, 0.3) is 0 Å². The van der Waals surface area contributed by atoms with Crippen LogP contribution < -0.4 is 0 Å². The molecule has 0 aromatic rings. The van der Waals surface area contributed by atoms with Crippen LogP contribution in [0, 0.1) is 5.41 Å². The summed E-state index contributed by atoms with van der Waals surface area (Å²) in [4.78, 5) is 11.5. The molecule has 0 radical (unpaired) electrons. The molecule has 27 heavy (non-hydrogen) atoms. The summed E-state index contributed by atoms with van der Waals surface area (Å²) < 4.78 is 146. The SMILES string of the molecule is CC(C)(C)C(C)(C)OC(=O)[C@@](F)(OC(F)(F)C(F)(F)C(F)(F)F)C(F)(F)F. The van der Waals surface area contributed by atoms with Crippen LogP contribution in [-0.2, 0) is 14.3 Å². The van der Waals surface area contributed by atoms with E-state index in [0.717, 1.165) is 13.8 Å². The molecule has 0 heterocycles. The number of rotatable bonds is 5. The molecule has 162 valence electrons. The van der Waals surface area contributed by atoms with Crippen molar-refractivity contribution in [1.82, 2.24) is 0 Å². The Labute approximate surface area is 145 Å². The number of carbonyl (C=O) groups is 1. The van der Waals surface area contributed by atoms with Crippen molar-refractivity contribution in [3.63, 3.8) is 0 Å². The Bertz CT molecular complexity index is 557. The molecule has 0 aromatic heterocycles. The molecule has 0 fully saturated rings. The van der Waals surface area contributed by atoms with E-state index in [0.29, 0.717) is 0 Å². The van der Waals surface area contributed by atoms with Gasteiger partial charge in [0.15, 0.2) is 0 Å². The lowest BCUT2D eigenvalue weighted by Crippen LogP contribution is -2.62. The molecule has 0 bridgehead atoms. The summed E-state index contributed by atoms with van der Waals surface area (Å²) in [5, 5.41) is 0. The van der Waals surface area contributed by atoms with Gasteiger partial charge >= 0.3 is 36.2 Å². The Hall–Kier alpha value is -1.34. The minimum absolute atomic E-state index is 0.921. The van der Waals surface area contributed by atoms with Crippen molar-refractivity contribution in [2.45, 2.75) is 70.5 Å². The predicted molar refractivity (Wildman–Crippen MR) is 66.6 cm³/mol. The van der Waals surface area contributed by atoms with Gasteiger partial charge in [-0.05, 0) is 13.8 Å². The molecule has 0 unspecified atom stereocenters. The highest BCUT2D eigenvalue weighted by atomic mass is 19.4. The molecule has 0 saturated carbocycles. The van der Waals surface area contributed by atoms with E-state index in [4.69, 9.17) is 0 Å². The van der Waals surface area contributed by atoms with E-state index in [1.807, 2.05) is 0 Å². The average molecular weight is 428 g/mol. The van der Waals surface area contributed by atoms with Gasteiger partial charge in [0.05, 0.1) is 0 Å². The molecule has 0 rings (SSSR count). The molecular weight excluding hydrogens is 413 g/mol.